The minimum absolute atomic E-state index is 0.119. The molecule has 126 valence electrons. The van der Waals surface area contributed by atoms with E-state index in [1.807, 2.05) is 48.2 Å². The maximum Gasteiger partial charge on any atom is 0.174 e. The Labute approximate surface area is 151 Å². The third-order valence-corrected chi connectivity index (χ3v) is 4.73. The summed E-state index contributed by atoms with van der Waals surface area (Å²) in [6.07, 6.45) is 1.78. The summed E-state index contributed by atoms with van der Waals surface area (Å²) in [6.45, 7) is 2.02. The van der Waals surface area contributed by atoms with Crippen LogP contribution in [0.3, 0.4) is 0 Å². The molecule has 1 saturated heterocycles. The second-order valence-electron chi connectivity index (χ2n) is 6.08. The number of phenolic OH excluding ortho intramolecular Hbond substituents is 1. The number of para-hydroxylation sites is 2. The van der Waals surface area contributed by atoms with Crippen molar-refractivity contribution in [1.29, 1.82) is 0 Å². The molecule has 1 aliphatic heterocycles. The summed E-state index contributed by atoms with van der Waals surface area (Å²) in [6, 6.07) is 16.9. The molecule has 3 N–H and O–H groups in total. The summed E-state index contributed by atoms with van der Waals surface area (Å²) in [5, 5.41) is 14.3. The summed E-state index contributed by atoms with van der Waals surface area (Å²) in [5.41, 5.74) is 3.67. The molecule has 2 atom stereocenters. The van der Waals surface area contributed by atoms with E-state index in [9.17, 15) is 5.11 Å². The fourth-order valence-corrected chi connectivity index (χ4v) is 3.64. The summed E-state index contributed by atoms with van der Waals surface area (Å²) in [5.74, 6) is 0.196. The van der Waals surface area contributed by atoms with Gasteiger partial charge in [0.15, 0.2) is 5.11 Å². The van der Waals surface area contributed by atoms with Gasteiger partial charge in [-0.3, -0.25) is 4.98 Å². The summed E-state index contributed by atoms with van der Waals surface area (Å²) in [4.78, 5) is 9.86. The van der Waals surface area contributed by atoms with Gasteiger partial charge in [-0.1, -0.05) is 18.2 Å². The number of H-pyrrole nitrogens is 1. The first-order chi connectivity index (χ1) is 12.1. The molecule has 0 bridgehead atoms. The quantitative estimate of drug-likeness (QED) is 0.630. The maximum absolute atomic E-state index is 10.4. The van der Waals surface area contributed by atoms with Gasteiger partial charge in [0.1, 0.15) is 11.8 Å². The van der Waals surface area contributed by atoms with Gasteiger partial charge in [0.25, 0.3) is 0 Å². The van der Waals surface area contributed by atoms with Gasteiger partial charge in [0.05, 0.1) is 17.4 Å². The highest BCUT2D eigenvalue weighted by molar-refractivity contribution is 7.80. The number of aryl methyl sites for hydroxylation is 1. The van der Waals surface area contributed by atoms with Crippen LogP contribution in [0.25, 0.3) is 0 Å². The lowest BCUT2D eigenvalue weighted by molar-refractivity contribution is 0.472. The summed E-state index contributed by atoms with van der Waals surface area (Å²) < 4.78 is 0. The van der Waals surface area contributed by atoms with Gasteiger partial charge in [-0.05, 0) is 55.5 Å². The third-order valence-electron chi connectivity index (χ3n) is 4.41. The van der Waals surface area contributed by atoms with Crippen molar-refractivity contribution in [2.45, 2.75) is 19.0 Å². The lowest BCUT2D eigenvalue weighted by Crippen LogP contribution is -2.29. The van der Waals surface area contributed by atoms with E-state index >= 15 is 0 Å². The SMILES string of the molecule is Cc1ccc([C@H]2[C@@H](c3ccccn3)NC(=S)N2c2ccccc2O)[nH]1. The fraction of sp³-hybridized carbons (Fsp3) is 0.158. The van der Waals surface area contributed by atoms with Crippen molar-refractivity contribution in [2.75, 3.05) is 4.90 Å². The van der Waals surface area contributed by atoms with Gasteiger partial charge in [0.2, 0.25) is 0 Å². The molecule has 5 nitrogen and oxygen atoms in total. The van der Waals surface area contributed by atoms with Gasteiger partial charge in [-0.2, -0.15) is 0 Å². The zero-order valence-corrected chi connectivity index (χ0v) is 14.5. The van der Waals surface area contributed by atoms with E-state index in [1.165, 1.54) is 0 Å². The van der Waals surface area contributed by atoms with Crippen LogP contribution in [0, 0.1) is 6.92 Å². The lowest BCUT2D eigenvalue weighted by atomic mass is 10.0. The first-order valence-corrected chi connectivity index (χ1v) is 8.50. The van der Waals surface area contributed by atoms with Crippen molar-refractivity contribution in [1.82, 2.24) is 15.3 Å². The molecule has 2 aromatic heterocycles. The van der Waals surface area contributed by atoms with Crippen LogP contribution in [0.1, 0.15) is 29.2 Å². The average molecular weight is 350 g/mol. The van der Waals surface area contributed by atoms with Crippen molar-refractivity contribution in [3.63, 3.8) is 0 Å². The Morgan fingerprint density at radius 2 is 1.88 bits per heavy atom. The van der Waals surface area contributed by atoms with Crippen molar-refractivity contribution >= 4 is 23.0 Å². The second kappa shape index (κ2) is 6.22. The van der Waals surface area contributed by atoms with E-state index in [-0.39, 0.29) is 17.8 Å². The van der Waals surface area contributed by atoms with Gasteiger partial charge in [-0.15, -0.1) is 0 Å². The Hall–Kier alpha value is -2.86. The van der Waals surface area contributed by atoms with Crippen molar-refractivity contribution in [2.24, 2.45) is 0 Å². The highest BCUT2D eigenvalue weighted by Gasteiger charge is 2.42. The Morgan fingerprint density at radius 1 is 1.08 bits per heavy atom. The summed E-state index contributed by atoms with van der Waals surface area (Å²) >= 11 is 5.61. The number of thiocarbonyl (C=S) groups is 1. The van der Waals surface area contributed by atoms with E-state index in [0.717, 1.165) is 17.1 Å². The third kappa shape index (κ3) is 2.74. The molecule has 0 amide bonds. The fourth-order valence-electron chi connectivity index (χ4n) is 3.30. The van der Waals surface area contributed by atoms with Crippen LogP contribution < -0.4 is 10.2 Å². The largest absolute Gasteiger partial charge is 0.506 e. The molecule has 1 aliphatic rings. The van der Waals surface area contributed by atoms with Crippen LogP contribution in [0.15, 0.2) is 60.8 Å². The highest BCUT2D eigenvalue weighted by atomic mass is 32.1. The normalized spacial score (nSPS) is 19.9. The van der Waals surface area contributed by atoms with E-state index < -0.39 is 0 Å². The molecule has 25 heavy (non-hydrogen) atoms. The number of pyridine rings is 1. The van der Waals surface area contributed by atoms with Gasteiger partial charge in [-0.25, -0.2) is 0 Å². The van der Waals surface area contributed by atoms with Crippen LogP contribution in [0.4, 0.5) is 5.69 Å². The first kappa shape index (κ1) is 15.7. The number of hydrogen-bond acceptors (Lipinski definition) is 3. The highest BCUT2D eigenvalue weighted by Crippen LogP contribution is 2.43. The van der Waals surface area contributed by atoms with Crippen LogP contribution in [0.5, 0.6) is 5.75 Å². The molecule has 1 fully saturated rings. The monoisotopic (exact) mass is 350 g/mol. The van der Waals surface area contributed by atoms with E-state index in [1.54, 1.807) is 18.3 Å². The van der Waals surface area contributed by atoms with E-state index in [0.29, 0.717) is 10.8 Å². The van der Waals surface area contributed by atoms with Crippen molar-refractivity contribution < 1.29 is 5.11 Å². The Kier molecular flexibility index (Phi) is 3.89. The smallest absolute Gasteiger partial charge is 0.174 e. The minimum Gasteiger partial charge on any atom is -0.506 e. The molecule has 0 aliphatic carbocycles. The Bertz CT molecular complexity index is 909. The topological polar surface area (TPSA) is 64.2 Å². The van der Waals surface area contributed by atoms with Crippen molar-refractivity contribution in [3.8, 4) is 5.75 Å². The molecule has 0 radical (unpaired) electrons. The van der Waals surface area contributed by atoms with Crippen LogP contribution >= 0.6 is 12.2 Å². The Morgan fingerprint density at radius 3 is 2.56 bits per heavy atom. The number of benzene rings is 1. The number of nitrogens with zero attached hydrogens (tertiary/aromatic N) is 2. The first-order valence-electron chi connectivity index (χ1n) is 8.09. The van der Waals surface area contributed by atoms with Crippen LogP contribution in [-0.2, 0) is 0 Å². The molecule has 0 spiro atoms. The summed E-state index contributed by atoms with van der Waals surface area (Å²) in [7, 11) is 0. The molecular formula is C19H18N4OS. The Balaban J connectivity index is 1.85. The number of aromatic hydroxyl groups is 1. The number of aromatic amines is 1. The van der Waals surface area contributed by atoms with E-state index in [4.69, 9.17) is 12.2 Å². The molecule has 6 heteroatoms. The molecule has 3 aromatic rings. The number of nitrogens with one attached hydrogen (secondary N) is 2. The predicted octanol–water partition coefficient (Wildman–Crippen LogP) is 3.60. The molecule has 3 heterocycles. The van der Waals surface area contributed by atoms with Crippen LogP contribution in [-0.4, -0.2) is 20.2 Å². The lowest BCUT2D eigenvalue weighted by Gasteiger charge is -2.27. The number of hydrogen-bond donors (Lipinski definition) is 3. The van der Waals surface area contributed by atoms with Gasteiger partial charge >= 0.3 is 0 Å². The zero-order valence-electron chi connectivity index (χ0n) is 13.7. The number of phenols is 1. The standard InChI is InChI=1S/C19H18N4OS/c1-12-9-10-14(21-12)18-17(13-6-4-5-11-20-13)22-19(25)23(18)15-7-2-3-8-16(15)24/h2-11,17-18,21,24H,1H3,(H,22,25)/t17-,18+/m1/s1. The van der Waals surface area contributed by atoms with E-state index in [2.05, 4.69) is 21.4 Å². The molecule has 0 saturated carbocycles. The van der Waals surface area contributed by atoms with Gasteiger partial charge in [0, 0.05) is 17.6 Å². The molecular weight excluding hydrogens is 332 g/mol. The molecule has 4 rings (SSSR count). The van der Waals surface area contributed by atoms with Gasteiger partial charge < -0.3 is 20.3 Å². The predicted molar refractivity (Wildman–Crippen MR) is 102 cm³/mol. The zero-order chi connectivity index (χ0) is 17.4. The second-order valence-corrected chi connectivity index (χ2v) is 6.47. The maximum atomic E-state index is 10.4. The molecule has 0 unspecified atom stereocenters. The van der Waals surface area contributed by atoms with Crippen LogP contribution in [0.2, 0.25) is 0 Å². The minimum atomic E-state index is -0.135. The number of rotatable bonds is 3. The number of anilines is 1. The van der Waals surface area contributed by atoms with Crippen molar-refractivity contribution in [3.05, 3.63) is 77.9 Å². The average Bonchev–Trinajstić information content (AvgIpc) is 3.19. The molecule has 1 aromatic carbocycles. The number of aromatic nitrogens is 2.